The van der Waals surface area contributed by atoms with Crippen molar-refractivity contribution in [2.75, 3.05) is 32.4 Å². The number of thiol groups is 1. The molecule has 0 atom stereocenters. The van der Waals surface area contributed by atoms with Crippen LogP contribution in [0.1, 0.15) is 13.8 Å². The topological polar surface area (TPSA) is 0 Å². The lowest BCUT2D eigenvalue weighted by Gasteiger charge is -2.31. The standard InChI is InChI=1S/C7H17NS.HI/c1-4-8(3,5-2)6-7-9;/h4-7H2,1-3H3;1H. The van der Waals surface area contributed by atoms with E-state index >= 15 is 0 Å². The van der Waals surface area contributed by atoms with Crippen molar-refractivity contribution in [2.24, 2.45) is 0 Å². The predicted octanol–water partition coefficient (Wildman–Crippen LogP) is -1.59. The van der Waals surface area contributed by atoms with Crippen molar-refractivity contribution in [3.05, 3.63) is 0 Å². The molecule has 0 amide bonds. The first-order chi connectivity index (χ1) is 4.18. The quantitative estimate of drug-likeness (QED) is 0.357. The van der Waals surface area contributed by atoms with E-state index in [2.05, 4.69) is 33.5 Å². The van der Waals surface area contributed by atoms with Crippen LogP contribution < -0.4 is 24.0 Å². The largest absolute Gasteiger partial charge is 1.00 e. The summed E-state index contributed by atoms with van der Waals surface area (Å²) < 4.78 is 1.16. The Morgan fingerprint density at radius 3 is 1.70 bits per heavy atom. The smallest absolute Gasteiger partial charge is 0.0873 e. The Morgan fingerprint density at radius 1 is 1.20 bits per heavy atom. The fraction of sp³-hybridized carbons (Fsp3) is 1.00. The molecule has 0 rings (SSSR count). The molecule has 10 heavy (non-hydrogen) atoms. The number of nitrogens with zero attached hydrogens (tertiary/aromatic N) is 1. The summed E-state index contributed by atoms with van der Waals surface area (Å²) in [5, 5.41) is 0. The minimum atomic E-state index is 0. The van der Waals surface area contributed by atoms with Crippen molar-refractivity contribution in [2.45, 2.75) is 13.8 Å². The number of hydrogen-bond donors (Lipinski definition) is 1. The highest BCUT2D eigenvalue weighted by Crippen LogP contribution is 2.00. The maximum Gasteiger partial charge on any atom is 0.0873 e. The number of quaternary nitrogens is 1. The van der Waals surface area contributed by atoms with Crippen LogP contribution in [0.3, 0.4) is 0 Å². The zero-order valence-electron chi connectivity index (χ0n) is 7.10. The number of rotatable bonds is 4. The van der Waals surface area contributed by atoms with E-state index in [0.29, 0.717) is 0 Å². The normalized spacial score (nSPS) is 10.8. The van der Waals surface area contributed by atoms with Crippen LogP contribution in [0, 0.1) is 0 Å². The highest BCUT2D eigenvalue weighted by Gasteiger charge is 2.13. The van der Waals surface area contributed by atoms with Crippen LogP contribution in [-0.4, -0.2) is 36.9 Å². The molecule has 0 spiro atoms. The number of hydrogen-bond acceptors (Lipinski definition) is 1. The minimum absolute atomic E-state index is 0. The van der Waals surface area contributed by atoms with E-state index in [-0.39, 0.29) is 24.0 Å². The molecular formula is C7H18INS. The maximum atomic E-state index is 4.21. The van der Waals surface area contributed by atoms with Gasteiger partial charge >= 0.3 is 0 Å². The lowest BCUT2D eigenvalue weighted by molar-refractivity contribution is -0.903. The summed E-state index contributed by atoms with van der Waals surface area (Å²) in [5.41, 5.74) is 0. The third kappa shape index (κ3) is 4.79. The molecule has 0 heterocycles. The first-order valence-electron chi connectivity index (χ1n) is 3.63. The third-order valence-corrected chi connectivity index (χ3v) is 2.37. The Bertz CT molecular complexity index is 74.0. The van der Waals surface area contributed by atoms with Gasteiger partial charge in [0.2, 0.25) is 0 Å². The van der Waals surface area contributed by atoms with Gasteiger partial charge in [0.25, 0.3) is 0 Å². The summed E-state index contributed by atoms with van der Waals surface area (Å²) in [6, 6.07) is 0. The van der Waals surface area contributed by atoms with Crippen LogP contribution in [0.15, 0.2) is 0 Å². The molecular weight excluding hydrogens is 257 g/mol. The van der Waals surface area contributed by atoms with Gasteiger partial charge in [-0.15, -0.1) is 0 Å². The van der Waals surface area contributed by atoms with Crippen LogP contribution in [-0.2, 0) is 0 Å². The summed E-state index contributed by atoms with van der Waals surface area (Å²) >= 11 is 4.21. The fourth-order valence-electron chi connectivity index (χ4n) is 0.781. The Labute approximate surface area is 87.2 Å². The summed E-state index contributed by atoms with van der Waals surface area (Å²) in [5.74, 6) is 0.998. The zero-order valence-corrected chi connectivity index (χ0v) is 10.2. The molecule has 0 radical (unpaired) electrons. The van der Waals surface area contributed by atoms with Gasteiger partial charge in [0.05, 0.1) is 26.7 Å². The predicted molar refractivity (Wildman–Crippen MR) is 46.0 cm³/mol. The van der Waals surface area contributed by atoms with E-state index in [0.717, 1.165) is 10.2 Å². The highest BCUT2D eigenvalue weighted by atomic mass is 127. The first-order valence-corrected chi connectivity index (χ1v) is 4.26. The van der Waals surface area contributed by atoms with E-state index in [1.807, 2.05) is 0 Å². The lowest BCUT2D eigenvalue weighted by Crippen LogP contribution is -3.00. The minimum Gasteiger partial charge on any atom is -1.00 e. The second-order valence-corrected chi connectivity index (χ2v) is 3.15. The van der Waals surface area contributed by atoms with Crippen molar-refractivity contribution in [3.63, 3.8) is 0 Å². The molecule has 0 bridgehead atoms. The molecule has 0 aliphatic rings. The molecule has 3 heteroatoms. The SMILES string of the molecule is CC[N+](C)(CC)CCS.[I-]. The Hall–Kier alpha value is 1.04. The van der Waals surface area contributed by atoms with E-state index in [4.69, 9.17) is 0 Å². The van der Waals surface area contributed by atoms with E-state index in [9.17, 15) is 0 Å². The van der Waals surface area contributed by atoms with E-state index in [1.54, 1.807) is 0 Å². The molecule has 0 saturated heterocycles. The Morgan fingerprint density at radius 2 is 1.60 bits per heavy atom. The summed E-state index contributed by atoms with van der Waals surface area (Å²) in [6.07, 6.45) is 0. The zero-order chi connectivity index (χ0) is 7.33. The highest BCUT2D eigenvalue weighted by molar-refractivity contribution is 7.80. The Kier molecular flexibility index (Phi) is 9.17. The lowest BCUT2D eigenvalue weighted by atomic mass is 10.4. The first kappa shape index (κ1) is 13.6. The van der Waals surface area contributed by atoms with Gasteiger partial charge in [0.1, 0.15) is 0 Å². The van der Waals surface area contributed by atoms with Gasteiger partial charge < -0.3 is 28.5 Å². The molecule has 0 N–H and O–H groups in total. The molecule has 0 aliphatic carbocycles. The molecule has 0 aromatic carbocycles. The van der Waals surface area contributed by atoms with Gasteiger partial charge in [-0.2, -0.15) is 12.6 Å². The average molecular weight is 275 g/mol. The van der Waals surface area contributed by atoms with Crippen LogP contribution in [0.5, 0.6) is 0 Å². The monoisotopic (exact) mass is 275 g/mol. The van der Waals surface area contributed by atoms with Crippen molar-refractivity contribution < 1.29 is 28.5 Å². The van der Waals surface area contributed by atoms with Gasteiger partial charge in [-0.25, -0.2) is 0 Å². The summed E-state index contributed by atoms with van der Waals surface area (Å²) in [6.45, 7) is 8.09. The molecule has 0 aliphatic heterocycles. The van der Waals surface area contributed by atoms with Crippen molar-refractivity contribution in [3.8, 4) is 0 Å². The van der Waals surface area contributed by atoms with Crippen LogP contribution in [0.2, 0.25) is 0 Å². The van der Waals surface area contributed by atoms with Crippen LogP contribution >= 0.6 is 12.6 Å². The average Bonchev–Trinajstić information content (AvgIpc) is 1.89. The van der Waals surface area contributed by atoms with Gasteiger partial charge in [-0.05, 0) is 13.8 Å². The van der Waals surface area contributed by atoms with Crippen molar-refractivity contribution in [1.82, 2.24) is 0 Å². The van der Waals surface area contributed by atoms with Gasteiger partial charge in [0.15, 0.2) is 0 Å². The molecule has 0 aromatic rings. The fourth-order valence-corrected chi connectivity index (χ4v) is 1.26. The van der Waals surface area contributed by atoms with E-state index in [1.165, 1.54) is 19.6 Å². The molecule has 0 unspecified atom stereocenters. The Balaban J connectivity index is 0. The summed E-state index contributed by atoms with van der Waals surface area (Å²) in [4.78, 5) is 0. The third-order valence-electron chi connectivity index (χ3n) is 2.17. The van der Waals surface area contributed by atoms with Crippen LogP contribution in [0.25, 0.3) is 0 Å². The van der Waals surface area contributed by atoms with Crippen LogP contribution in [0.4, 0.5) is 0 Å². The molecule has 0 saturated carbocycles. The van der Waals surface area contributed by atoms with Crippen molar-refractivity contribution in [1.29, 1.82) is 0 Å². The second-order valence-electron chi connectivity index (χ2n) is 2.70. The van der Waals surface area contributed by atoms with Gasteiger partial charge in [0, 0.05) is 5.75 Å². The molecule has 64 valence electrons. The number of halogens is 1. The molecule has 1 nitrogen and oxygen atoms in total. The second kappa shape index (κ2) is 6.73. The van der Waals surface area contributed by atoms with Crippen molar-refractivity contribution >= 4 is 12.6 Å². The summed E-state index contributed by atoms with van der Waals surface area (Å²) in [7, 11) is 2.27. The molecule has 0 fully saturated rings. The maximum absolute atomic E-state index is 4.21. The molecule has 0 aromatic heterocycles. The van der Waals surface area contributed by atoms with E-state index < -0.39 is 0 Å². The van der Waals surface area contributed by atoms with Gasteiger partial charge in [-0.1, -0.05) is 0 Å². The van der Waals surface area contributed by atoms with Gasteiger partial charge in [-0.3, -0.25) is 0 Å².